The number of fused-ring (bicyclic) bond motifs is 1. The fourth-order valence-corrected chi connectivity index (χ4v) is 3.00. The Bertz CT molecular complexity index is 281. The highest BCUT2D eigenvalue weighted by molar-refractivity contribution is 5.28. The SMILES string of the molecule is OC[C@@]12CCCN1CC(=C1COC1)C2. The number of ether oxygens (including phenoxy) is 1. The number of aliphatic hydroxyl groups excluding tert-OH is 1. The number of hydrogen-bond acceptors (Lipinski definition) is 3. The fourth-order valence-electron chi connectivity index (χ4n) is 3.00. The van der Waals surface area contributed by atoms with Crippen molar-refractivity contribution >= 4 is 0 Å². The minimum atomic E-state index is 0.109. The van der Waals surface area contributed by atoms with Gasteiger partial charge < -0.3 is 9.84 Å². The lowest BCUT2D eigenvalue weighted by Gasteiger charge is -2.28. The average molecular weight is 195 g/mol. The van der Waals surface area contributed by atoms with Crippen molar-refractivity contribution in [3.05, 3.63) is 11.1 Å². The third-order valence-electron chi connectivity index (χ3n) is 4.01. The summed E-state index contributed by atoms with van der Waals surface area (Å²) < 4.78 is 5.20. The highest BCUT2D eigenvalue weighted by atomic mass is 16.5. The van der Waals surface area contributed by atoms with Gasteiger partial charge in [0.1, 0.15) is 0 Å². The molecule has 78 valence electrons. The first-order valence-electron chi connectivity index (χ1n) is 5.47. The molecular weight excluding hydrogens is 178 g/mol. The Hall–Kier alpha value is -0.380. The molecule has 0 unspecified atom stereocenters. The first-order chi connectivity index (χ1) is 6.84. The molecule has 14 heavy (non-hydrogen) atoms. The Morgan fingerprint density at radius 2 is 2.21 bits per heavy atom. The lowest BCUT2D eigenvalue weighted by atomic mass is 9.91. The summed E-state index contributed by atoms with van der Waals surface area (Å²) in [5.74, 6) is 0. The Morgan fingerprint density at radius 3 is 2.79 bits per heavy atom. The van der Waals surface area contributed by atoms with Crippen molar-refractivity contribution in [2.24, 2.45) is 0 Å². The minimum absolute atomic E-state index is 0.109. The molecule has 3 nitrogen and oxygen atoms in total. The van der Waals surface area contributed by atoms with Crippen LogP contribution in [0.25, 0.3) is 0 Å². The molecule has 0 aromatic heterocycles. The number of rotatable bonds is 1. The van der Waals surface area contributed by atoms with Crippen molar-refractivity contribution in [2.75, 3.05) is 32.9 Å². The molecule has 1 N–H and O–H groups in total. The van der Waals surface area contributed by atoms with E-state index in [1.165, 1.54) is 18.4 Å². The Labute approximate surface area is 84.3 Å². The highest BCUT2D eigenvalue weighted by Crippen LogP contribution is 2.42. The van der Waals surface area contributed by atoms with Crippen LogP contribution in [-0.4, -0.2) is 48.5 Å². The zero-order valence-corrected chi connectivity index (χ0v) is 8.46. The van der Waals surface area contributed by atoms with Crippen LogP contribution in [0, 0.1) is 0 Å². The molecule has 3 heteroatoms. The van der Waals surface area contributed by atoms with Crippen LogP contribution in [0.5, 0.6) is 0 Å². The van der Waals surface area contributed by atoms with E-state index >= 15 is 0 Å². The van der Waals surface area contributed by atoms with Crippen LogP contribution in [0.4, 0.5) is 0 Å². The molecule has 0 amide bonds. The number of hydrogen-bond donors (Lipinski definition) is 1. The van der Waals surface area contributed by atoms with Crippen molar-refractivity contribution in [3.8, 4) is 0 Å². The van der Waals surface area contributed by atoms with E-state index in [-0.39, 0.29) is 5.54 Å². The fraction of sp³-hybridized carbons (Fsp3) is 0.818. The summed E-state index contributed by atoms with van der Waals surface area (Å²) in [5, 5.41) is 9.52. The molecule has 0 aromatic carbocycles. The van der Waals surface area contributed by atoms with Gasteiger partial charge in [0.2, 0.25) is 0 Å². The van der Waals surface area contributed by atoms with Crippen LogP contribution in [0.3, 0.4) is 0 Å². The van der Waals surface area contributed by atoms with Crippen molar-refractivity contribution < 1.29 is 9.84 Å². The molecule has 3 aliphatic rings. The molecule has 3 rings (SSSR count). The predicted molar refractivity (Wildman–Crippen MR) is 53.1 cm³/mol. The van der Waals surface area contributed by atoms with Crippen LogP contribution in [-0.2, 0) is 4.74 Å². The van der Waals surface area contributed by atoms with Gasteiger partial charge in [-0.15, -0.1) is 0 Å². The van der Waals surface area contributed by atoms with Gasteiger partial charge in [0.15, 0.2) is 0 Å². The van der Waals surface area contributed by atoms with E-state index in [1.807, 2.05) is 0 Å². The summed E-state index contributed by atoms with van der Waals surface area (Å²) in [6, 6.07) is 0. The topological polar surface area (TPSA) is 32.7 Å². The van der Waals surface area contributed by atoms with E-state index in [1.54, 1.807) is 5.57 Å². The second-order valence-electron chi connectivity index (χ2n) is 4.78. The third kappa shape index (κ3) is 1.09. The molecule has 3 heterocycles. The highest BCUT2D eigenvalue weighted by Gasteiger charge is 2.46. The molecule has 0 radical (unpaired) electrons. The van der Waals surface area contributed by atoms with Crippen LogP contribution in [0.15, 0.2) is 11.1 Å². The van der Waals surface area contributed by atoms with E-state index < -0.39 is 0 Å². The van der Waals surface area contributed by atoms with Gasteiger partial charge >= 0.3 is 0 Å². The predicted octanol–water partition coefficient (Wildman–Crippen LogP) is 0.544. The zero-order valence-electron chi connectivity index (χ0n) is 8.46. The van der Waals surface area contributed by atoms with Crippen molar-refractivity contribution in [3.63, 3.8) is 0 Å². The van der Waals surface area contributed by atoms with Gasteiger partial charge in [-0.05, 0) is 31.4 Å². The second-order valence-corrected chi connectivity index (χ2v) is 4.78. The summed E-state index contributed by atoms with van der Waals surface area (Å²) >= 11 is 0. The average Bonchev–Trinajstić information content (AvgIpc) is 2.57. The largest absolute Gasteiger partial charge is 0.394 e. The molecule has 3 saturated heterocycles. The Kier molecular flexibility index (Phi) is 1.94. The van der Waals surface area contributed by atoms with E-state index in [2.05, 4.69) is 4.90 Å². The van der Waals surface area contributed by atoms with Crippen LogP contribution in [0.2, 0.25) is 0 Å². The summed E-state index contributed by atoms with van der Waals surface area (Å²) in [6.45, 7) is 4.25. The van der Waals surface area contributed by atoms with Crippen molar-refractivity contribution in [1.82, 2.24) is 4.90 Å². The summed E-state index contributed by atoms with van der Waals surface area (Å²) in [6.07, 6.45) is 3.50. The van der Waals surface area contributed by atoms with E-state index in [9.17, 15) is 5.11 Å². The van der Waals surface area contributed by atoms with Crippen LogP contribution >= 0.6 is 0 Å². The van der Waals surface area contributed by atoms with Gasteiger partial charge in [-0.3, -0.25) is 4.90 Å². The van der Waals surface area contributed by atoms with Crippen LogP contribution < -0.4 is 0 Å². The molecule has 3 aliphatic heterocycles. The molecule has 3 fully saturated rings. The number of aliphatic hydroxyl groups is 1. The second kappa shape index (κ2) is 3.05. The van der Waals surface area contributed by atoms with Gasteiger partial charge in [0.05, 0.1) is 19.8 Å². The van der Waals surface area contributed by atoms with Gasteiger partial charge in [0, 0.05) is 12.1 Å². The summed E-state index contributed by atoms with van der Waals surface area (Å²) in [7, 11) is 0. The number of nitrogens with zero attached hydrogens (tertiary/aromatic N) is 1. The first kappa shape index (κ1) is 8.89. The molecule has 0 aliphatic carbocycles. The van der Waals surface area contributed by atoms with Crippen molar-refractivity contribution in [2.45, 2.75) is 24.8 Å². The molecule has 1 atom stereocenters. The summed E-state index contributed by atoms with van der Waals surface area (Å²) in [4.78, 5) is 2.47. The Morgan fingerprint density at radius 1 is 1.36 bits per heavy atom. The van der Waals surface area contributed by atoms with Gasteiger partial charge in [-0.1, -0.05) is 5.57 Å². The molecule has 0 spiro atoms. The normalized spacial score (nSPS) is 37.5. The first-order valence-corrected chi connectivity index (χ1v) is 5.47. The smallest absolute Gasteiger partial charge is 0.0706 e. The molecule has 0 saturated carbocycles. The lowest BCUT2D eigenvalue weighted by Crippen LogP contribution is -2.41. The van der Waals surface area contributed by atoms with Gasteiger partial charge in [-0.2, -0.15) is 0 Å². The van der Waals surface area contributed by atoms with E-state index in [0.717, 1.165) is 32.7 Å². The quantitative estimate of drug-likeness (QED) is 0.620. The standard InChI is InChI=1S/C11H17NO2/c13-8-11-2-1-3-12(11)5-9(4-11)10-6-14-7-10/h13H,1-8H2/t11-/m0/s1. The van der Waals surface area contributed by atoms with E-state index in [0.29, 0.717) is 6.61 Å². The Balaban J connectivity index is 1.85. The van der Waals surface area contributed by atoms with Gasteiger partial charge in [-0.25, -0.2) is 0 Å². The maximum atomic E-state index is 9.52. The molecule has 0 aromatic rings. The maximum Gasteiger partial charge on any atom is 0.0706 e. The van der Waals surface area contributed by atoms with Gasteiger partial charge in [0.25, 0.3) is 0 Å². The monoisotopic (exact) mass is 195 g/mol. The van der Waals surface area contributed by atoms with Crippen LogP contribution in [0.1, 0.15) is 19.3 Å². The molecule has 0 bridgehead atoms. The molecular formula is C11H17NO2. The minimum Gasteiger partial charge on any atom is -0.394 e. The lowest BCUT2D eigenvalue weighted by molar-refractivity contribution is 0.0989. The zero-order chi connectivity index (χ0) is 9.60. The maximum absolute atomic E-state index is 9.52. The van der Waals surface area contributed by atoms with E-state index in [4.69, 9.17) is 4.74 Å². The van der Waals surface area contributed by atoms with Crippen molar-refractivity contribution in [1.29, 1.82) is 0 Å². The third-order valence-corrected chi connectivity index (χ3v) is 4.01. The summed E-state index contributed by atoms with van der Waals surface area (Å²) in [5.41, 5.74) is 3.15.